The molecule has 3 heteroatoms. The van der Waals surface area contributed by atoms with Gasteiger partial charge in [0.25, 0.3) is 0 Å². The zero-order valence-corrected chi connectivity index (χ0v) is 14.4. The third-order valence-corrected chi connectivity index (χ3v) is 4.41. The number of aliphatic hydroxyl groups is 1. The van der Waals surface area contributed by atoms with E-state index in [1.54, 1.807) is 12.1 Å². The topological polar surface area (TPSA) is 57.5 Å². The van der Waals surface area contributed by atoms with Crippen LogP contribution in [-0.2, 0) is 4.79 Å². The minimum Gasteiger partial charge on any atom is -0.481 e. The van der Waals surface area contributed by atoms with E-state index >= 15 is 0 Å². The second-order valence-electron chi connectivity index (χ2n) is 6.41. The summed E-state index contributed by atoms with van der Waals surface area (Å²) in [6.45, 7) is 2.23. The highest BCUT2D eigenvalue weighted by Crippen LogP contribution is 2.24. The van der Waals surface area contributed by atoms with Crippen molar-refractivity contribution < 1.29 is 15.0 Å². The highest BCUT2D eigenvalue weighted by Gasteiger charge is 2.27. The fraction of sp³-hybridized carbons (Fsp3) is 0.650. The summed E-state index contributed by atoms with van der Waals surface area (Å²) >= 11 is 0. The third-order valence-electron chi connectivity index (χ3n) is 4.41. The van der Waals surface area contributed by atoms with Crippen molar-refractivity contribution in [1.82, 2.24) is 0 Å². The van der Waals surface area contributed by atoms with Gasteiger partial charge in [0.15, 0.2) is 0 Å². The van der Waals surface area contributed by atoms with Crippen molar-refractivity contribution in [3.8, 4) is 0 Å². The smallest absolute Gasteiger partial charge is 0.313 e. The van der Waals surface area contributed by atoms with E-state index in [-0.39, 0.29) is 0 Å². The molecule has 130 valence electrons. The molecule has 0 saturated heterocycles. The van der Waals surface area contributed by atoms with Gasteiger partial charge in [-0.2, -0.15) is 0 Å². The molecule has 2 atom stereocenters. The Morgan fingerprint density at radius 3 is 1.96 bits per heavy atom. The molecule has 23 heavy (non-hydrogen) atoms. The number of aliphatic carboxylic acids is 1. The number of rotatable bonds is 13. The van der Waals surface area contributed by atoms with Crippen molar-refractivity contribution in [1.29, 1.82) is 0 Å². The van der Waals surface area contributed by atoms with E-state index in [1.165, 1.54) is 44.9 Å². The van der Waals surface area contributed by atoms with E-state index < -0.39 is 18.0 Å². The van der Waals surface area contributed by atoms with E-state index in [4.69, 9.17) is 0 Å². The van der Waals surface area contributed by atoms with Gasteiger partial charge in [-0.15, -0.1) is 0 Å². The molecule has 0 aliphatic carbocycles. The minimum absolute atomic E-state index is 0.557. The van der Waals surface area contributed by atoms with Gasteiger partial charge in [-0.1, -0.05) is 95.0 Å². The second-order valence-corrected chi connectivity index (χ2v) is 6.41. The Morgan fingerprint density at radius 1 is 0.913 bits per heavy atom. The van der Waals surface area contributed by atoms with Crippen LogP contribution in [0, 0.1) is 0 Å². The molecule has 0 bridgehead atoms. The highest BCUT2D eigenvalue weighted by molar-refractivity contribution is 5.76. The lowest BCUT2D eigenvalue weighted by Crippen LogP contribution is -2.26. The van der Waals surface area contributed by atoms with Crippen LogP contribution in [0.3, 0.4) is 0 Å². The van der Waals surface area contributed by atoms with Crippen LogP contribution in [0.15, 0.2) is 30.3 Å². The summed E-state index contributed by atoms with van der Waals surface area (Å²) < 4.78 is 0. The Kier molecular flexibility index (Phi) is 10.4. The summed E-state index contributed by atoms with van der Waals surface area (Å²) in [5, 5.41) is 19.6. The fourth-order valence-electron chi connectivity index (χ4n) is 3.02. The van der Waals surface area contributed by atoms with Gasteiger partial charge < -0.3 is 10.2 Å². The van der Waals surface area contributed by atoms with Gasteiger partial charge in [0, 0.05) is 0 Å². The molecule has 0 radical (unpaired) electrons. The zero-order chi connectivity index (χ0) is 16.9. The Balaban J connectivity index is 2.21. The van der Waals surface area contributed by atoms with Crippen molar-refractivity contribution in [2.45, 2.75) is 83.2 Å². The standard InChI is InChI=1S/C20H32O3/c1-2-3-4-5-6-7-8-9-13-16-18(21)19(20(22)23)17-14-11-10-12-15-17/h10-12,14-15,18-19,21H,2-9,13,16H2,1H3,(H,22,23)/t18?,19-/m1/s1. The van der Waals surface area contributed by atoms with Gasteiger partial charge >= 0.3 is 5.97 Å². The van der Waals surface area contributed by atoms with Crippen LogP contribution in [-0.4, -0.2) is 22.3 Å². The number of carboxylic acids is 1. The van der Waals surface area contributed by atoms with Crippen molar-refractivity contribution in [2.75, 3.05) is 0 Å². The first-order valence-corrected chi connectivity index (χ1v) is 9.12. The summed E-state index contributed by atoms with van der Waals surface area (Å²) in [6.07, 6.45) is 10.7. The van der Waals surface area contributed by atoms with Crippen molar-refractivity contribution in [2.24, 2.45) is 0 Å². The van der Waals surface area contributed by atoms with Crippen LogP contribution in [0.2, 0.25) is 0 Å². The predicted octanol–water partition coefficient (Wildman–Crippen LogP) is 5.14. The van der Waals surface area contributed by atoms with Crippen LogP contribution in [0.5, 0.6) is 0 Å². The molecular formula is C20H32O3. The van der Waals surface area contributed by atoms with E-state index in [9.17, 15) is 15.0 Å². The van der Waals surface area contributed by atoms with Gasteiger partial charge in [-0.05, 0) is 12.0 Å². The zero-order valence-electron chi connectivity index (χ0n) is 14.4. The summed E-state index contributed by atoms with van der Waals surface area (Å²) in [6, 6.07) is 9.04. The van der Waals surface area contributed by atoms with Crippen molar-refractivity contribution >= 4 is 5.97 Å². The lowest BCUT2D eigenvalue weighted by molar-refractivity contribution is -0.141. The van der Waals surface area contributed by atoms with E-state index in [0.29, 0.717) is 12.0 Å². The second kappa shape index (κ2) is 12.1. The molecule has 0 aliphatic rings. The molecule has 0 heterocycles. The fourth-order valence-corrected chi connectivity index (χ4v) is 3.02. The van der Waals surface area contributed by atoms with Crippen LogP contribution in [0.1, 0.15) is 82.6 Å². The molecule has 0 fully saturated rings. The summed E-state index contributed by atoms with van der Waals surface area (Å²) in [4.78, 5) is 11.4. The quantitative estimate of drug-likeness (QED) is 0.495. The van der Waals surface area contributed by atoms with Gasteiger partial charge in [0.05, 0.1) is 6.10 Å². The maximum atomic E-state index is 11.4. The minimum atomic E-state index is -0.945. The molecule has 0 saturated carbocycles. The molecule has 1 aromatic carbocycles. The van der Waals surface area contributed by atoms with E-state index in [1.807, 2.05) is 18.2 Å². The van der Waals surface area contributed by atoms with E-state index in [0.717, 1.165) is 12.8 Å². The van der Waals surface area contributed by atoms with Crippen LogP contribution >= 0.6 is 0 Å². The molecule has 2 N–H and O–H groups in total. The van der Waals surface area contributed by atoms with Gasteiger partial charge in [0.1, 0.15) is 5.92 Å². The van der Waals surface area contributed by atoms with Crippen LogP contribution in [0.4, 0.5) is 0 Å². The number of hydrogen-bond acceptors (Lipinski definition) is 2. The molecule has 1 unspecified atom stereocenters. The van der Waals surface area contributed by atoms with Gasteiger partial charge in [0.2, 0.25) is 0 Å². The molecule has 0 aromatic heterocycles. The normalized spacial score (nSPS) is 13.7. The number of carboxylic acid groups (broad SMARTS) is 1. The van der Waals surface area contributed by atoms with Crippen LogP contribution in [0.25, 0.3) is 0 Å². The maximum absolute atomic E-state index is 11.4. The maximum Gasteiger partial charge on any atom is 0.313 e. The summed E-state index contributed by atoms with van der Waals surface area (Å²) in [7, 11) is 0. The predicted molar refractivity (Wildman–Crippen MR) is 94.7 cm³/mol. The van der Waals surface area contributed by atoms with E-state index in [2.05, 4.69) is 6.92 Å². The number of hydrogen-bond donors (Lipinski definition) is 2. The molecule has 0 spiro atoms. The molecular weight excluding hydrogens is 288 g/mol. The Bertz CT molecular complexity index is 416. The Morgan fingerprint density at radius 2 is 1.43 bits per heavy atom. The van der Waals surface area contributed by atoms with Crippen molar-refractivity contribution in [3.63, 3.8) is 0 Å². The van der Waals surface area contributed by atoms with Gasteiger partial charge in [-0.3, -0.25) is 4.79 Å². The summed E-state index contributed by atoms with van der Waals surface area (Å²) in [5.41, 5.74) is 0.684. The largest absolute Gasteiger partial charge is 0.481 e. The molecule has 3 nitrogen and oxygen atoms in total. The molecule has 1 aromatic rings. The Hall–Kier alpha value is -1.35. The highest BCUT2D eigenvalue weighted by atomic mass is 16.4. The molecule has 0 aliphatic heterocycles. The van der Waals surface area contributed by atoms with Crippen molar-refractivity contribution in [3.05, 3.63) is 35.9 Å². The average molecular weight is 320 g/mol. The number of unbranched alkanes of at least 4 members (excludes halogenated alkanes) is 8. The average Bonchev–Trinajstić information content (AvgIpc) is 2.54. The molecule has 1 rings (SSSR count). The first-order valence-electron chi connectivity index (χ1n) is 9.12. The monoisotopic (exact) mass is 320 g/mol. The number of aliphatic hydroxyl groups excluding tert-OH is 1. The first kappa shape index (κ1) is 19.7. The number of benzene rings is 1. The SMILES string of the molecule is CCCCCCCCCCCC(O)[C@H](C(=O)O)c1ccccc1. The van der Waals surface area contributed by atoms with Gasteiger partial charge in [-0.25, -0.2) is 0 Å². The number of carbonyl (C=O) groups is 1. The van der Waals surface area contributed by atoms with Crippen LogP contribution < -0.4 is 0 Å². The summed E-state index contributed by atoms with van der Waals surface area (Å²) in [5.74, 6) is -1.76. The lowest BCUT2D eigenvalue weighted by Gasteiger charge is -2.19. The lowest BCUT2D eigenvalue weighted by atomic mass is 9.90. The Labute approximate surface area is 140 Å². The third kappa shape index (κ3) is 8.17. The first-order chi connectivity index (χ1) is 11.2. The molecule has 0 amide bonds.